The largest absolute Gasteiger partial charge is 0.495 e. The number of hydrogen-bond donors (Lipinski definition) is 6. The van der Waals surface area contributed by atoms with Gasteiger partial charge in [-0.1, -0.05) is 53.5 Å². The van der Waals surface area contributed by atoms with Crippen molar-refractivity contribution in [2.45, 2.75) is 26.7 Å². The van der Waals surface area contributed by atoms with Crippen molar-refractivity contribution in [3.05, 3.63) is 51.0 Å². The Balaban J connectivity index is 0.000000360. The zero-order valence-corrected chi connectivity index (χ0v) is 23.2. The number of ether oxygens (including phenoxy) is 1. The van der Waals surface area contributed by atoms with E-state index in [-0.39, 0.29) is 11.9 Å². The predicted octanol–water partition coefficient (Wildman–Crippen LogP) is 4.05. The van der Waals surface area contributed by atoms with Crippen LogP contribution in [0.5, 0.6) is 5.75 Å². The van der Waals surface area contributed by atoms with Crippen molar-refractivity contribution in [3.8, 4) is 5.75 Å². The molecule has 11 nitrogen and oxygen atoms in total. The lowest BCUT2D eigenvalue weighted by atomic mass is 10.1. The van der Waals surface area contributed by atoms with Gasteiger partial charge in [-0.05, 0) is 42.2 Å². The highest BCUT2D eigenvalue weighted by atomic mass is 79.9. The van der Waals surface area contributed by atoms with Crippen molar-refractivity contribution < 1.29 is 14.3 Å². The van der Waals surface area contributed by atoms with Gasteiger partial charge in [0.15, 0.2) is 11.9 Å². The van der Waals surface area contributed by atoms with Crippen molar-refractivity contribution in [2.24, 2.45) is 21.5 Å². The number of anilines is 2. The SMILES string of the molecule is CCc1cc(Br)cc(Cl)c1NC(=O)NC(N)=NC.CCc1cccc(OC)c1NC(=O)NC(N)=NC. The number of aryl methyl sites for hydroxylation is 2. The summed E-state index contributed by atoms with van der Waals surface area (Å²) in [7, 11) is 4.54. The molecule has 196 valence electrons. The minimum Gasteiger partial charge on any atom is -0.495 e. The van der Waals surface area contributed by atoms with Crippen LogP contribution in [-0.4, -0.2) is 45.2 Å². The molecule has 0 aliphatic carbocycles. The minimum atomic E-state index is -0.475. The number of nitrogens with two attached hydrogens (primary N) is 2. The second-order valence-electron chi connectivity index (χ2n) is 7.00. The van der Waals surface area contributed by atoms with Gasteiger partial charge in [0.25, 0.3) is 0 Å². The highest BCUT2D eigenvalue weighted by Crippen LogP contribution is 2.31. The first-order valence-corrected chi connectivity index (χ1v) is 12.0. The lowest BCUT2D eigenvalue weighted by Gasteiger charge is -2.14. The van der Waals surface area contributed by atoms with Gasteiger partial charge < -0.3 is 26.8 Å². The zero-order chi connectivity index (χ0) is 27.3. The number of hydrogen-bond acceptors (Lipinski definition) is 5. The molecule has 8 N–H and O–H groups in total. The van der Waals surface area contributed by atoms with Crippen LogP contribution in [0.15, 0.2) is 44.8 Å². The highest BCUT2D eigenvalue weighted by molar-refractivity contribution is 9.10. The number of para-hydroxylation sites is 1. The average molecular weight is 584 g/mol. The second kappa shape index (κ2) is 15.5. The summed E-state index contributed by atoms with van der Waals surface area (Å²) in [5.74, 6) is 0.704. The fraction of sp³-hybridized carbons (Fsp3) is 0.304. The summed E-state index contributed by atoms with van der Waals surface area (Å²) < 4.78 is 6.08. The van der Waals surface area contributed by atoms with E-state index in [2.05, 4.69) is 47.2 Å². The van der Waals surface area contributed by atoms with Gasteiger partial charge in [0.05, 0.1) is 23.5 Å². The first kappa shape index (κ1) is 30.5. The van der Waals surface area contributed by atoms with Gasteiger partial charge in [-0.15, -0.1) is 0 Å². The lowest BCUT2D eigenvalue weighted by molar-refractivity contribution is 0.255. The van der Waals surface area contributed by atoms with E-state index >= 15 is 0 Å². The fourth-order valence-electron chi connectivity index (χ4n) is 2.86. The number of nitrogens with one attached hydrogen (secondary N) is 4. The van der Waals surface area contributed by atoms with Crippen LogP contribution in [-0.2, 0) is 12.8 Å². The maximum atomic E-state index is 11.7. The molecule has 0 aromatic heterocycles. The Morgan fingerprint density at radius 2 is 1.47 bits per heavy atom. The molecule has 0 fully saturated rings. The average Bonchev–Trinajstić information content (AvgIpc) is 2.85. The van der Waals surface area contributed by atoms with Crippen LogP contribution in [0.2, 0.25) is 5.02 Å². The third-order valence-corrected chi connectivity index (χ3v) is 5.43. The topological polar surface area (TPSA) is 168 Å². The van der Waals surface area contributed by atoms with Gasteiger partial charge in [0.2, 0.25) is 0 Å². The van der Waals surface area contributed by atoms with E-state index in [1.165, 1.54) is 14.1 Å². The maximum Gasteiger partial charge on any atom is 0.326 e. The molecule has 4 amide bonds. The Bertz CT molecular complexity index is 1100. The Labute approximate surface area is 224 Å². The van der Waals surface area contributed by atoms with E-state index in [0.717, 1.165) is 28.4 Å². The van der Waals surface area contributed by atoms with Gasteiger partial charge in [-0.3, -0.25) is 20.6 Å². The first-order valence-electron chi connectivity index (χ1n) is 10.8. The molecule has 36 heavy (non-hydrogen) atoms. The predicted molar refractivity (Wildman–Crippen MR) is 150 cm³/mol. The molecule has 0 bridgehead atoms. The first-order chi connectivity index (χ1) is 17.1. The molecule has 0 aliphatic heterocycles. The van der Waals surface area contributed by atoms with Crippen molar-refractivity contribution in [3.63, 3.8) is 0 Å². The summed E-state index contributed by atoms with van der Waals surface area (Å²) in [4.78, 5) is 30.6. The van der Waals surface area contributed by atoms with Crippen LogP contribution in [0.4, 0.5) is 21.0 Å². The van der Waals surface area contributed by atoms with E-state index < -0.39 is 12.1 Å². The third kappa shape index (κ3) is 9.62. The Morgan fingerprint density at radius 1 is 0.944 bits per heavy atom. The van der Waals surface area contributed by atoms with Crippen molar-refractivity contribution in [1.29, 1.82) is 0 Å². The van der Waals surface area contributed by atoms with E-state index in [9.17, 15) is 9.59 Å². The number of aliphatic imine (C=N–C) groups is 2. The molecule has 0 saturated heterocycles. The maximum absolute atomic E-state index is 11.7. The molecule has 2 rings (SSSR count). The second-order valence-corrected chi connectivity index (χ2v) is 8.32. The number of urea groups is 2. The molecular weight excluding hydrogens is 552 g/mol. The number of carbonyl (C=O) groups is 2. The van der Waals surface area contributed by atoms with Crippen LogP contribution in [0.3, 0.4) is 0 Å². The Hall–Kier alpha value is -3.51. The summed E-state index contributed by atoms with van der Waals surface area (Å²) in [5.41, 5.74) is 13.9. The molecule has 0 heterocycles. The summed E-state index contributed by atoms with van der Waals surface area (Å²) in [6.45, 7) is 3.97. The molecule has 0 radical (unpaired) electrons. The smallest absolute Gasteiger partial charge is 0.326 e. The van der Waals surface area contributed by atoms with Gasteiger partial charge in [0, 0.05) is 18.6 Å². The van der Waals surface area contributed by atoms with E-state index in [0.29, 0.717) is 22.1 Å². The third-order valence-electron chi connectivity index (χ3n) is 4.67. The zero-order valence-electron chi connectivity index (χ0n) is 20.8. The summed E-state index contributed by atoms with van der Waals surface area (Å²) in [6, 6.07) is 8.28. The molecule has 0 unspecified atom stereocenters. The summed E-state index contributed by atoms with van der Waals surface area (Å²) in [6.07, 6.45) is 1.52. The van der Waals surface area contributed by atoms with Crippen molar-refractivity contribution in [1.82, 2.24) is 10.6 Å². The summed E-state index contributed by atoms with van der Waals surface area (Å²) in [5, 5.41) is 10.6. The molecule has 0 atom stereocenters. The molecular formula is C23H32BrClN8O3. The summed E-state index contributed by atoms with van der Waals surface area (Å²) >= 11 is 9.45. The normalized spacial score (nSPS) is 11.1. The standard InChI is InChI=1S/C12H18N4O2.C11H14BrClN4O/c1-4-8-6-5-7-9(18-3)10(8)15-12(17)16-11(13)14-2;1-3-6-4-7(12)5-8(13)9(6)16-11(18)17-10(14)15-2/h5-7H,4H2,1-3H3,(H4,13,14,15,16,17);4-5H,3H2,1-2H3,(H4,14,15,16,17,18). The number of guanidine groups is 2. The van der Waals surface area contributed by atoms with Gasteiger partial charge in [-0.25, -0.2) is 9.59 Å². The molecule has 13 heteroatoms. The highest BCUT2D eigenvalue weighted by Gasteiger charge is 2.12. The quantitative estimate of drug-likeness (QED) is 0.230. The fourth-order valence-corrected chi connectivity index (χ4v) is 3.79. The minimum absolute atomic E-state index is 0.0405. The van der Waals surface area contributed by atoms with Gasteiger partial charge >= 0.3 is 12.1 Å². The number of halogens is 2. The van der Waals surface area contributed by atoms with E-state index in [4.69, 9.17) is 27.8 Å². The lowest BCUT2D eigenvalue weighted by Crippen LogP contribution is -2.39. The van der Waals surface area contributed by atoms with Crippen LogP contribution in [0.25, 0.3) is 0 Å². The number of benzene rings is 2. The Morgan fingerprint density at radius 3 is 1.94 bits per heavy atom. The molecule has 0 aliphatic rings. The molecule has 0 spiro atoms. The number of carbonyl (C=O) groups excluding carboxylic acids is 2. The number of rotatable bonds is 5. The number of nitrogens with zero attached hydrogens (tertiary/aromatic N) is 2. The Kier molecular flexibility index (Phi) is 13.1. The van der Waals surface area contributed by atoms with Crippen LogP contribution < -0.4 is 37.5 Å². The van der Waals surface area contributed by atoms with Gasteiger partial charge in [0.1, 0.15) is 5.75 Å². The van der Waals surface area contributed by atoms with Crippen molar-refractivity contribution >= 4 is 62.9 Å². The van der Waals surface area contributed by atoms with E-state index in [1.807, 2.05) is 32.0 Å². The van der Waals surface area contributed by atoms with Crippen LogP contribution in [0.1, 0.15) is 25.0 Å². The molecule has 2 aromatic rings. The number of amides is 4. The van der Waals surface area contributed by atoms with Crippen LogP contribution >= 0.6 is 27.5 Å². The number of methoxy groups -OCH3 is 1. The van der Waals surface area contributed by atoms with Crippen LogP contribution in [0, 0.1) is 0 Å². The molecule has 2 aromatic carbocycles. The van der Waals surface area contributed by atoms with Crippen molar-refractivity contribution in [2.75, 3.05) is 31.8 Å². The monoisotopic (exact) mass is 582 g/mol. The van der Waals surface area contributed by atoms with E-state index in [1.54, 1.807) is 19.2 Å². The molecule has 0 saturated carbocycles. The van der Waals surface area contributed by atoms with Gasteiger partial charge in [-0.2, -0.15) is 0 Å².